The van der Waals surface area contributed by atoms with Crippen LogP contribution in [-0.2, 0) is 14.8 Å². The minimum atomic E-state index is -3.80. The van der Waals surface area contributed by atoms with Crippen LogP contribution in [0.25, 0.3) is 0 Å². The third-order valence-corrected chi connectivity index (χ3v) is 4.70. The Labute approximate surface area is 113 Å². The Balaban J connectivity index is 2.39. The lowest BCUT2D eigenvalue weighted by molar-refractivity contribution is 0.0607. The van der Waals surface area contributed by atoms with Crippen LogP contribution >= 0.6 is 11.3 Å². The largest absolute Gasteiger partial charge is 0.465 e. The molecular formula is C10H11N3O4S2. The number of esters is 1. The minimum absolute atomic E-state index is 0.0751. The molecule has 0 amide bonds. The highest BCUT2D eigenvalue weighted by molar-refractivity contribution is 7.92. The van der Waals surface area contributed by atoms with Gasteiger partial charge in [0, 0.05) is 0 Å². The maximum absolute atomic E-state index is 12.0. The number of hydrogen-bond donors (Lipinski definition) is 2. The van der Waals surface area contributed by atoms with Crippen LogP contribution in [0.1, 0.15) is 15.2 Å². The summed E-state index contributed by atoms with van der Waals surface area (Å²) in [4.78, 5) is 11.8. The summed E-state index contributed by atoms with van der Waals surface area (Å²) in [6.45, 7) is 1.70. The van der Waals surface area contributed by atoms with Gasteiger partial charge in [0.2, 0.25) is 0 Å². The second-order valence-corrected chi connectivity index (χ2v) is 6.17. The zero-order chi connectivity index (χ0) is 14.0. The van der Waals surface area contributed by atoms with Crippen molar-refractivity contribution in [3.63, 3.8) is 0 Å². The summed E-state index contributed by atoms with van der Waals surface area (Å²) in [5.74, 6) is -0.583. The van der Waals surface area contributed by atoms with E-state index in [2.05, 4.69) is 19.7 Å². The molecule has 0 aliphatic carbocycles. The molecule has 2 rings (SSSR count). The third kappa shape index (κ3) is 2.61. The molecule has 0 aromatic carbocycles. The van der Waals surface area contributed by atoms with Crippen molar-refractivity contribution in [2.45, 2.75) is 11.9 Å². The Hall–Kier alpha value is -1.87. The fourth-order valence-corrected chi connectivity index (χ4v) is 3.44. The van der Waals surface area contributed by atoms with E-state index < -0.39 is 16.0 Å². The molecule has 0 unspecified atom stereocenters. The Morgan fingerprint density at radius 3 is 2.84 bits per heavy atom. The van der Waals surface area contributed by atoms with Gasteiger partial charge in [-0.15, -0.1) is 11.3 Å². The van der Waals surface area contributed by atoms with E-state index in [0.29, 0.717) is 5.56 Å². The van der Waals surface area contributed by atoms with E-state index in [1.54, 1.807) is 12.3 Å². The van der Waals surface area contributed by atoms with Crippen molar-refractivity contribution in [3.8, 4) is 0 Å². The molecule has 0 aliphatic rings. The first-order valence-electron chi connectivity index (χ1n) is 5.14. The number of methoxy groups -OCH3 is 1. The van der Waals surface area contributed by atoms with Gasteiger partial charge in [0.25, 0.3) is 10.0 Å². The highest BCUT2D eigenvalue weighted by Crippen LogP contribution is 2.30. The maximum Gasteiger partial charge on any atom is 0.350 e. The summed E-state index contributed by atoms with van der Waals surface area (Å²) in [6.07, 6.45) is 1.33. The van der Waals surface area contributed by atoms with Crippen LogP contribution in [0.5, 0.6) is 0 Å². The van der Waals surface area contributed by atoms with Crippen LogP contribution in [-0.4, -0.2) is 31.7 Å². The van der Waals surface area contributed by atoms with E-state index in [-0.39, 0.29) is 15.6 Å². The second kappa shape index (κ2) is 5.02. The number of carbonyl (C=O) groups excluding carboxylic acids is 1. The zero-order valence-electron chi connectivity index (χ0n) is 10.1. The Morgan fingerprint density at radius 1 is 1.53 bits per heavy atom. The molecule has 0 radical (unpaired) electrons. The molecule has 0 aliphatic heterocycles. The van der Waals surface area contributed by atoms with Gasteiger partial charge in [-0.25, -0.2) is 4.79 Å². The Bertz CT molecular complexity index is 688. The maximum atomic E-state index is 12.0. The summed E-state index contributed by atoms with van der Waals surface area (Å²) in [5.41, 5.74) is 0.875. The van der Waals surface area contributed by atoms with Crippen molar-refractivity contribution < 1.29 is 17.9 Å². The molecule has 9 heteroatoms. The van der Waals surface area contributed by atoms with Crippen molar-refractivity contribution in [1.82, 2.24) is 10.2 Å². The smallest absolute Gasteiger partial charge is 0.350 e. The van der Waals surface area contributed by atoms with E-state index in [9.17, 15) is 13.2 Å². The van der Waals surface area contributed by atoms with Gasteiger partial charge in [0.1, 0.15) is 4.88 Å². The third-order valence-electron chi connectivity index (χ3n) is 2.35. The summed E-state index contributed by atoms with van der Waals surface area (Å²) >= 11 is 1.12. The number of aromatic nitrogens is 2. The first kappa shape index (κ1) is 13.6. The summed E-state index contributed by atoms with van der Waals surface area (Å²) in [7, 11) is -2.56. The van der Waals surface area contributed by atoms with E-state index >= 15 is 0 Å². The van der Waals surface area contributed by atoms with Crippen LogP contribution in [0.2, 0.25) is 0 Å². The van der Waals surface area contributed by atoms with Crippen molar-refractivity contribution in [3.05, 3.63) is 28.1 Å². The lowest BCUT2D eigenvalue weighted by Crippen LogP contribution is -2.16. The standard InChI is InChI=1S/C10H11N3O4S2/c1-6-5-18-9(10(14)17-2)8(6)13-19(15,16)7-3-4-11-12-7/h3-5,13H,1-2H3,(H,11,12). The van der Waals surface area contributed by atoms with Gasteiger partial charge < -0.3 is 4.74 Å². The highest BCUT2D eigenvalue weighted by atomic mass is 32.2. The van der Waals surface area contributed by atoms with Crippen LogP contribution in [0, 0.1) is 6.92 Å². The van der Waals surface area contributed by atoms with Gasteiger partial charge in [0.05, 0.1) is 19.0 Å². The quantitative estimate of drug-likeness (QED) is 0.830. The number of anilines is 1. The highest BCUT2D eigenvalue weighted by Gasteiger charge is 2.23. The molecule has 2 heterocycles. The van der Waals surface area contributed by atoms with Crippen molar-refractivity contribution in [2.24, 2.45) is 0 Å². The molecule has 0 saturated heterocycles. The molecular weight excluding hydrogens is 290 g/mol. The van der Waals surface area contributed by atoms with Crippen LogP contribution in [0.15, 0.2) is 22.7 Å². The predicted molar refractivity (Wildman–Crippen MR) is 69.8 cm³/mol. The Morgan fingerprint density at radius 2 is 2.26 bits per heavy atom. The van der Waals surface area contributed by atoms with Gasteiger partial charge in [0.15, 0.2) is 5.03 Å². The number of sulfonamides is 1. The normalized spacial score (nSPS) is 11.3. The monoisotopic (exact) mass is 301 g/mol. The van der Waals surface area contributed by atoms with Gasteiger partial charge in [-0.05, 0) is 23.9 Å². The van der Waals surface area contributed by atoms with E-state index in [1.807, 2.05) is 0 Å². The van der Waals surface area contributed by atoms with E-state index in [0.717, 1.165) is 11.3 Å². The molecule has 0 saturated carbocycles. The van der Waals surface area contributed by atoms with Crippen molar-refractivity contribution in [1.29, 1.82) is 0 Å². The number of aromatic amines is 1. The molecule has 0 spiro atoms. The average molecular weight is 301 g/mol. The number of aryl methyl sites for hydroxylation is 1. The van der Waals surface area contributed by atoms with E-state index in [4.69, 9.17) is 0 Å². The van der Waals surface area contributed by atoms with Gasteiger partial charge >= 0.3 is 5.97 Å². The molecule has 19 heavy (non-hydrogen) atoms. The summed E-state index contributed by atoms with van der Waals surface area (Å²) in [5, 5.41) is 7.54. The van der Waals surface area contributed by atoms with Crippen LogP contribution in [0.3, 0.4) is 0 Å². The van der Waals surface area contributed by atoms with Gasteiger partial charge in [-0.1, -0.05) is 0 Å². The summed E-state index contributed by atoms with van der Waals surface area (Å²) < 4.78 is 31.1. The Kier molecular flexibility index (Phi) is 3.58. The second-order valence-electron chi connectivity index (χ2n) is 3.64. The molecule has 0 atom stereocenters. The molecule has 2 aromatic rings. The van der Waals surface area contributed by atoms with Crippen LogP contribution in [0.4, 0.5) is 5.69 Å². The summed E-state index contributed by atoms with van der Waals surface area (Å²) in [6, 6.07) is 1.32. The minimum Gasteiger partial charge on any atom is -0.465 e. The lowest BCUT2D eigenvalue weighted by Gasteiger charge is -2.07. The first-order valence-corrected chi connectivity index (χ1v) is 7.50. The average Bonchev–Trinajstić information content (AvgIpc) is 3.00. The SMILES string of the molecule is COC(=O)c1scc(C)c1NS(=O)(=O)c1ccn[nH]1. The number of nitrogens with zero attached hydrogens (tertiary/aromatic N) is 1. The molecule has 2 N–H and O–H groups in total. The predicted octanol–water partition coefficient (Wildman–Crippen LogP) is 1.37. The number of H-pyrrole nitrogens is 1. The molecule has 0 bridgehead atoms. The molecule has 0 fully saturated rings. The number of carbonyl (C=O) groups is 1. The number of hydrogen-bond acceptors (Lipinski definition) is 6. The van der Waals surface area contributed by atoms with Gasteiger partial charge in [-0.2, -0.15) is 13.5 Å². The fourth-order valence-electron chi connectivity index (χ4n) is 1.40. The number of rotatable bonds is 4. The zero-order valence-corrected chi connectivity index (χ0v) is 11.8. The molecule has 2 aromatic heterocycles. The van der Waals surface area contributed by atoms with Gasteiger partial charge in [-0.3, -0.25) is 9.82 Å². The topological polar surface area (TPSA) is 101 Å². The first-order chi connectivity index (χ1) is 8.95. The number of nitrogens with one attached hydrogen (secondary N) is 2. The molecule has 102 valence electrons. The van der Waals surface area contributed by atoms with E-state index in [1.165, 1.54) is 19.4 Å². The molecule has 7 nitrogen and oxygen atoms in total. The van der Waals surface area contributed by atoms with Crippen molar-refractivity contribution >= 4 is 33.0 Å². The van der Waals surface area contributed by atoms with Crippen molar-refractivity contribution in [2.75, 3.05) is 11.8 Å². The lowest BCUT2D eigenvalue weighted by atomic mass is 10.3. The number of ether oxygens (including phenoxy) is 1. The van der Waals surface area contributed by atoms with Crippen LogP contribution < -0.4 is 4.72 Å². The number of thiophene rings is 1. The fraction of sp³-hybridized carbons (Fsp3) is 0.200.